The molecule has 17 heavy (non-hydrogen) atoms. The van der Waals surface area contributed by atoms with E-state index in [4.69, 9.17) is 0 Å². The number of H-pyrrole nitrogens is 1. The topological polar surface area (TPSA) is 50.7 Å². The Hall–Kier alpha value is -1.84. The maximum atomic E-state index is 11.6. The first kappa shape index (κ1) is 10.3. The van der Waals surface area contributed by atoms with Crippen molar-refractivity contribution in [2.24, 2.45) is 7.05 Å². The number of fused-ring (bicyclic) bond motifs is 1. The smallest absolute Gasteiger partial charge is 0.250 e. The SMILES string of the molecule is Cn1ccc(-c2nc3c([nH]2)CCCC3)cc1=O. The van der Waals surface area contributed by atoms with Crippen LogP contribution < -0.4 is 5.56 Å². The van der Waals surface area contributed by atoms with Crippen LogP contribution in [0.15, 0.2) is 23.1 Å². The summed E-state index contributed by atoms with van der Waals surface area (Å²) in [5, 5.41) is 0. The van der Waals surface area contributed by atoms with Crippen LogP contribution >= 0.6 is 0 Å². The molecule has 0 atom stereocenters. The first-order valence-electron chi connectivity index (χ1n) is 5.99. The highest BCUT2D eigenvalue weighted by Gasteiger charge is 2.15. The third kappa shape index (κ3) is 1.79. The second-order valence-electron chi connectivity index (χ2n) is 4.58. The second-order valence-corrected chi connectivity index (χ2v) is 4.58. The van der Waals surface area contributed by atoms with Gasteiger partial charge in [0.15, 0.2) is 0 Å². The summed E-state index contributed by atoms with van der Waals surface area (Å²) in [7, 11) is 1.75. The molecule has 1 aliphatic rings. The van der Waals surface area contributed by atoms with Crippen molar-refractivity contribution in [1.82, 2.24) is 14.5 Å². The lowest BCUT2D eigenvalue weighted by Gasteiger charge is -2.07. The lowest BCUT2D eigenvalue weighted by Crippen LogP contribution is -2.14. The molecule has 0 fully saturated rings. The van der Waals surface area contributed by atoms with Crippen LogP contribution in [0.1, 0.15) is 24.2 Å². The Labute approximate surface area is 99.3 Å². The summed E-state index contributed by atoms with van der Waals surface area (Å²) in [5.41, 5.74) is 3.29. The lowest BCUT2D eigenvalue weighted by molar-refractivity contribution is 0.667. The molecule has 3 rings (SSSR count). The number of nitrogens with zero attached hydrogens (tertiary/aromatic N) is 2. The molecule has 2 aromatic rings. The van der Waals surface area contributed by atoms with Gasteiger partial charge in [0.2, 0.25) is 0 Å². The average molecular weight is 229 g/mol. The maximum absolute atomic E-state index is 11.6. The molecule has 0 bridgehead atoms. The van der Waals surface area contributed by atoms with Gasteiger partial charge in [-0.1, -0.05) is 0 Å². The minimum absolute atomic E-state index is 0.00290. The van der Waals surface area contributed by atoms with Gasteiger partial charge in [-0.3, -0.25) is 4.79 Å². The zero-order chi connectivity index (χ0) is 11.8. The van der Waals surface area contributed by atoms with Gasteiger partial charge in [0.05, 0.1) is 5.69 Å². The fourth-order valence-corrected chi connectivity index (χ4v) is 2.29. The first-order valence-corrected chi connectivity index (χ1v) is 5.99. The van der Waals surface area contributed by atoms with E-state index in [0.29, 0.717) is 0 Å². The predicted octanol–water partition coefficient (Wildman–Crippen LogP) is 1.65. The molecule has 0 spiro atoms. The highest BCUT2D eigenvalue weighted by molar-refractivity contribution is 5.55. The number of imidazole rings is 1. The van der Waals surface area contributed by atoms with Gasteiger partial charge in [-0.2, -0.15) is 0 Å². The van der Waals surface area contributed by atoms with Gasteiger partial charge in [0.1, 0.15) is 5.82 Å². The first-order chi connectivity index (χ1) is 8.24. The normalized spacial score (nSPS) is 14.6. The zero-order valence-corrected chi connectivity index (χ0v) is 9.86. The van der Waals surface area contributed by atoms with Crippen molar-refractivity contribution in [2.75, 3.05) is 0 Å². The number of rotatable bonds is 1. The summed E-state index contributed by atoms with van der Waals surface area (Å²) >= 11 is 0. The number of pyridine rings is 1. The highest BCUT2D eigenvalue weighted by Crippen LogP contribution is 2.23. The third-order valence-electron chi connectivity index (χ3n) is 3.33. The van der Waals surface area contributed by atoms with Crippen LogP contribution in [0.3, 0.4) is 0 Å². The van der Waals surface area contributed by atoms with E-state index in [9.17, 15) is 4.79 Å². The van der Waals surface area contributed by atoms with Crippen LogP contribution in [0.2, 0.25) is 0 Å². The largest absolute Gasteiger partial charge is 0.342 e. The molecule has 2 aromatic heterocycles. The fourth-order valence-electron chi connectivity index (χ4n) is 2.29. The van der Waals surface area contributed by atoms with E-state index in [1.165, 1.54) is 24.2 Å². The van der Waals surface area contributed by atoms with Crippen LogP contribution in [-0.2, 0) is 19.9 Å². The van der Waals surface area contributed by atoms with E-state index >= 15 is 0 Å². The second kappa shape index (κ2) is 3.87. The Kier molecular flexibility index (Phi) is 2.35. The summed E-state index contributed by atoms with van der Waals surface area (Å²) in [5.74, 6) is 0.828. The van der Waals surface area contributed by atoms with E-state index in [1.807, 2.05) is 6.07 Å². The van der Waals surface area contributed by atoms with Crippen LogP contribution in [-0.4, -0.2) is 14.5 Å². The highest BCUT2D eigenvalue weighted by atomic mass is 16.1. The number of aryl methyl sites for hydroxylation is 3. The third-order valence-corrected chi connectivity index (χ3v) is 3.33. The molecule has 0 saturated heterocycles. The van der Waals surface area contributed by atoms with Crippen molar-refractivity contribution in [3.63, 3.8) is 0 Å². The van der Waals surface area contributed by atoms with E-state index < -0.39 is 0 Å². The molecule has 88 valence electrons. The van der Waals surface area contributed by atoms with Crippen molar-refractivity contribution >= 4 is 0 Å². The molecule has 2 heterocycles. The zero-order valence-electron chi connectivity index (χ0n) is 9.86. The van der Waals surface area contributed by atoms with Crippen molar-refractivity contribution in [3.8, 4) is 11.4 Å². The monoisotopic (exact) mass is 229 g/mol. The van der Waals surface area contributed by atoms with E-state index in [0.717, 1.165) is 24.2 Å². The van der Waals surface area contributed by atoms with Crippen LogP contribution in [0, 0.1) is 0 Å². The van der Waals surface area contributed by atoms with Crippen LogP contribution in [0.25, 0.3) is 11.4 Å². The quantitative estimate of drug-likeness (QED) is 0.808. The number of hydrogen-bond donors (Lipinski definition) is 1. The Morgan fingerprint density at radius 3 is 2.94 bits per heavy atom. The molecular weight excluding hydrogens is 214 g/mol. The predicted molar refractivity (Wildman–Crippen MR) is 65.9 cm³/mol. The minimum atomic E-state index is -0.00290. The van der Waals surface area contributed by atoms with Crippen LogP contribution in [0.5, 0.6) is 0 Å². The molecule has 0 aliphatic heterocycles. The molecule has 0 saturated carbocycles. The van der Waals surface area contributed by atoms with Gasteiger partial charge in [0, 0.05) is 30.6 Å². The number of hydrogen-bond acceptors (Lipinski definition) is 2. The fraction of sp³-hybridized carbons (Fsp3) is 0.385. The molecule has 1 N–H and O–H groups in total. The molecular formula is C13H15N3O. The summed E-state index contributed by atoms with van der Waals surface area (Å²) in [6.07, 6.45) is 6.35. The number of nitrogens with one attached hydrogen (secondary N) is 1. The van der Waals surface area contributed by atoms with Gasteiger partial charge in [-0.05, 0) is 31.7 Å². The van der Waals surface area contributed by atoms with Crippen molar-refractivity contribution in [2.45, 2.75) is 25.7 Å². The Morgan fingerprint density at radius 1 is 1.35 bits per heavy atom. The van der Waals surface area contributed by atoms with Crippen molar-refractivity contribution < 1.29 is 0 Å². The number of aromatic amines is 1. The molecule has 0 aromatic carbocycles. The van der Waals surface area contributed by atoms with Crippen LogP contribution in [0.4, 0.5) is 0 Å². The van der Waals surface area contributed by atoms with Gasteiger partial charge in [0.25, 0.3) is 5.56 Å². The van der Waals surface area contributed by atoms with Crippen molar-refractivity contribution in [3.05, 3.63) is 40.1 Å². The van der Waals surface area contributed by atoms with E-state index in [2.05, 4.69) is 9.97 Å². The average Bonchev–Trinajstić information content (AvgIpc) is 2.76. The van der Waals surface area contributed by atoms with Crippen molar-refractivity contribution in [1.29, 1.82) is 0 Å². The molecule has 1 aliphatic carbocycles. The molecule has 0 radical (unpaired) electrons. The lowest BCUT2D eigenvalue weighted by atomic mass is 10.0. The number of aromatic nitrogens is 3. The minimum Gasteiger partial charge on any atom is -0.342 e. The molecule has 4 nitrogen and oxygen atoms in total. The Balaban J connectivity index is 2.06. The summed E-state index contributed by atoms with van der Waals surface area (Å²) in [6.45, 7) is 0. The Morgan fingerprint density at radius 2 is 2.18 bits per heavy atom. The maximum Gasteiger partial charge on any atom is 0.250 e. The summed E-state index contributed by atoms with van der Waals surface area (Å²) < 4.78 is 1.56. The molecule has 0 unspecified atom stereocenters. The summed E-state index contributed by atoms with van der Waals surface area (Å²) in [4.78, 5) is 19.5. The molecule has 0 amide bonds. The Bertz CT molecular complexity index is 586. The van der Waals surface area contributed by atoms with E-state index in [-0.39, 0.29) is 5.56 Å². The van der Waals surface area contributed by atoms with E-state index in [1.54, 1.807) is 23.9 Å². The standard InChI is InChI=1S/C13H15N3O/c1-16-7-6-9(8-12(16)17)13-14-10-4-2-3-5-11(10)15-13/h6-8H,2-5H2,1H3,(H,14,15). The molecule has 4 heteroatoms. The summed E-state index contributed by atoms with van der Waals surface area (Å²) in [6, 6.07) is 3.55. The van der Waals surface area contributed by atoms with Gasteiger partial charge >= 0.3 is 0 Å². The van der Waals surface area contributed by atoms with Gasteiger partial charge in [-0.15, -0.1) is 0 Å². The van der Waals surface area contributed by atoms with Gasteiger partial charge in [-0.25, -0.2) is 4.98 Å². The van der Waals surface area contributed by atoms with Gasteiger partial charge < -0.3 is 9.55 Å².